The summed E-state index contributed by atoms with van der Waals surface area (Å²) in [4.78, 5) is 30.0. The molecule has 35 heavy (non-hydrogen) atoms. The van der Waals surface area contributed by atoms with Crippen LogP contribution in [0, 0.1) is 0 Å². The van der Waals surface area contributed by atoms with Crippen LogP contribution in [0.3, 0.4) is 0 Å². The molecule has 0 radical (unpaired) electrons. The molecule has 5 rings (SSSR count). The van der Waals surface area contributed by atoms with Gasteiger partial charge in [0.2, 0.25) is 0 Å². The summed E-state index contributed by atoms with van der Waals surface area (Å²) in [6.07, 6.45) is 2.27. The Morgan fingerprint density at radius 3 is 2.57 bits per heavy atom. The van der Waals surface area contributed by atoms with Gasteiger partial charge >= 0.3 is 6.09 Å². The Morgan fingerprint density at radius 1 is 1.20 bits per heavy atom. The number of hydrogen-bond donors (Lipinski definition) is 1. The standard InChI is InChI=1S/C28H33ClN2O4/c1-27(2,3)35-26(34)31-15-19-8-5-4-7-18(19)13-23(31)24(32)16-30-17-28(11-6-12-28)22-14-20(29)9-10-21(22)25(30)33/h4-5,7-10,14,23-24,32H,6,11-13,15-17H2,1-3H3/t23-,24?/m0/s1. The van der Waals surface area contributed by atoms with E-state index in [0.29, 0.717) is 30.1 Å². The van der Waals surface area contributed by atoms with Gasteiger partial charge in [-0.05, 0) is 74.9 Å². The Kier molecular flexibility index (Phi) is 6.09. The van der Waals surface area contributed by atoms with Crippen LogP contribution in [-0.2, 0) is 23.1 Å². The van der Waals surface area contributed by atoms with Crippen molar-refractivity contribution in [3.05, 3.63) is 69.7 Å². The number of benzene rings is 2. The van der Waals surface area contributed by atoms with Crippen LogP contribution < -0.4 is 0 Å². The summed E-state index contributed by atoms with van der Waals surface area (Å²) in [5.41, 5.74) is 3.12. The molecule has 2 amide bonds. The molecule has 1 N–H and O–H groups in total. The van der Waals surface area contributed by atoms with Crippen molar-refractivity contribution >= 4 is 23.6 Å². The van der Waals surface area contributed by atoms with Gasteiger partial charge in [-0.2, -0.15) is 0 Å². The highest BCUT2D eigenvalue weighted by Gasteiger charge is 2.48. The van der Waals surface area contributed by atoms with E-state index in [0.717, 1.165) is 36.0 Å². The van der Waals surface area contributed by atoms with Gasteiger partial charge < -0.3 is 14.7 Å². The molecule has 2 aromatic rings. The third kappa shape index (κ3) is 4.54. The monoisotopic (exact) mass is 496 g/mol. The lowest BCUT2D eigenvalue weighted by Crippen LogP contribution is -2.58. The SMILES string of the molecule is CC(C)(C)OC(=O)N1Cc2ccccc2C[C@H]1C(O)CN1CC2(CCC2)c2cc(Cl)ccc2C1=O. The van der Waals surface area contributed by atoms with E-state index in [-0.39, 0.29) is 17.9 Å². The van der Waals surface area contributed by atoms with Crippen LogP contribution >= 0.6 is 11.6 Å². The second-order valence-electron chi connectivity index (χ2n) is 11.2. The molecule has 1 fully saturated rings. The molecule has 6 nitrogen and oxygen atoms in total. The highest BCUT2D eigenvalue weighted by molar-refractivity contribution is 6.30. The smallest absolute Gasteiger partial charge is 0.410 e. The molecule has 0 saturated heterocycles. The number of aliphatic hydroxyl groups excluding tert-OH is 1. The second kappa shape index (κ2) is 8.82. The zero-order chi connectivity index (χ0) is 25.0. The third-order valence-corrected chi connectivity index (χ3v) is 7.88. The molecule has 1 saturated carbocycles. The number of amides is 2. The van der Waals surface area contributed by atoms with E-state index < -0.39 is 23.8 Å². The van der Waals surface area contributed by atoms with Gasteiger partial charge in [0.25, 0.3) is 5.91 Å². The minimum Gasteiger partial charge on any atom is -0.444 e. The van der Waals surface area contributed by atoms with Crippen molar-refractivity contribution in [2.24, 2.45) is 0 Å². The van der Waals surface area contributed by atoms with Gasteiger partial charge in [0.1, 0.15) is 5.60 Å². The fourth-order valence-corrected chi connectivity index (χ4v) is 5.94. The van der Waals surface area contributed by atoms with Gasteiger partial charge in [-0.1, -0.05) is 42.3 Å². The van der Waals surface area contributed by atoms with Crippen LogP contribution in [0.4, 0.5) is 4.79 Å². The molecule has 0 bridgehead atoms. The molecule has 2 atom stereocenters. The lowest BCUT2D eigenvalue weighted by atomic mass is 9.61. The van der Waals surface area contributed by atoms with Crippen LogP contribution in [-0.4, -0.2) is 57.7 Å². The molecular weight excluding hydrogens is 464 g/mol. The van der Waals surface area contributed by atoms with Crippen molar-refractivity contribution < 1.29 is 19.4 Å². The zero-order valence-corrected chi connectivity index (χ0v) is 21.3. The Morgan fingerprint density at radius 2 is 1.91 bits per heavy atom. The summed E-state index contributed by atoms with van der Waals surface area (Å²) in [6, 6.07) is 13.0. The van der Waals surface area contributed by atoms with Gasteiger partial charge in [0, 0.05) is 35.6 Å². The highest BCUT2D eigenvalue weighted by atomic mass is 35.5. The molecule has 186 valence electrons. The predicted molar refractivity (Wildman–Crippen MR) is 135 cm³/mol. The number of aliphatic hydroxyl groups is 1. The quantitative estimate of drug-likeness (QED) is 0.653. The van der Waals surface area contributed by atoms with Gasteiger partial charge in [-0.3, -0.25) is 9.69 Å². The fourth-order valence-electron chi connectivity index (χ4n) is 5.77. The second-order valence-corrected chi connectivity index (χ2v) is 11.7. The van der Waals surface area contributed by atoms with Crippen LogP contribution in [0.25, 0.3) is 0 Å². The van der Waals surface area contributed by atoms with Gasteiger partial charge in [-0.25, -0.2) is 4.79 Å². The van der Waals surface area contributed by atoms with Crippen LogP contribution in [0.1, 0.15) is 67.1 Å². The highest BCUT2D eigenvalue weighted by Crippen LogP contribution is 2.49. The first-order valence-electron chi connectivity index (χ1n) is 12.4. The van der Waals surface area contributed by atoms with Crippen molar-refractivity contribution in [3.63, 3.8) is 0 Å². The van der Waals surface area contributed by atoms with Gasteiger partial charge in [0.05, 0.1) is 12.1 Å². The van der Waals surface area contributed by atoms with Gasteiger partial charge in [0.15, 0.2) is 0 Å². The minimum absolute atomic E-state index is 0.0896. The summed E-state index contributed by atoms with van der Waals surface area (Å²) in [5, 5.41) is 12.1. The van der Waals surface area contributed by atoms with Crippen molar-refractivity contribution in [1.82, 2.24) is 9.80 Å². The predicted octanol–water partition coefficient (Wildman–Crippen LogP) is 4.94. The van der Waals surface area contributed by atoms with Crippen molar-refractivity contribution in [1.29, 1.82) is 0 Å². The van der Waals surface area contributed by atoms with E-state index in [4.69, 9.17) is 16.3 Å². The maximum absolute atomic E-state index is 13.4. The normalized spacial score (nSPS) is 21.7. The molecule has 2 aromatic carbocycles. The number of fused-ring (bicyclic) bond motifs is 3. The molecule has 1 aliphatic carbocycles. The first-order chi connectivity index (χ1) is 16.6. The van der Waals surface area contributed by atoms with E-state index in [1.165, 1.54) is 0 Å². The summed E-state index contributed by atoms with van der Waals surface area (Å²) in [6.45, 7) is 6.60. The zero-order valence-electron chi connectivity index (χ0n) is 20.6. The number of ether oxygens (including phenoxy) is 1. The fraction of sp³-hybridized carbons (Fsp3) is 0.500. The molecule has 2 aliphatic heterocycles. The number of carbonyl (C=O) groups is 2. The van der Waals surface area contributed by atoms with Crippen LogP contribution in [0.15, 0.2) is 42.5 Å². The number of nitrogens with zero attached hydrogens (tertiary/aromatic N) is 2. The van der Waals surface area contributed by atoms with Crippen molar-refractivity contribution in [2.75, 3.05) is 13.1 Å². The maximum Gasteiger partial charge on any atom is 0.410 e. The van der Waals surface area contributed by atoms with E-state index in [1.54, 1.807) is 15.9 Å². The van der Waals surface area contributed by atoms with Crippen molar-refractivity contribution in [3.8, 4) is 0 Å². The van der Waals surface area contributed by atoms with E-state index in [2.05, 4.69) is 0 Å². The summed E-state index contributed by atoms with van der Waals surface area (Å²) < 4.78 is 5.68. The Hall–Kier alpha value is -2.57. The number of β-amino-alcohol motifs (C(OH)–C–C–N with tert-alkyl or cyclic N) is 1. The number of hydrogen-bond acceptors (Lipinski definition) is 4. The Bertz CT molecular complexity index is 1150. The van der Waals surface area contributed by atoms with E-state index in [9.17, 15) is 14.7 Å². The molecule has 1 unspecified atom stereocenters. The minimum atomic E-state index is -0.911. The first-order valence-corrected chi connectivity index (χ1v) is 12.8. The molecule has 0 aromatic heterocycles. The topological polar surface area (TPSA) is 70.1 Å². The number of rotatable bonds is 3. The summed E-state index contributed by atoms with van der Waals surface area (Å²) in [5.74, 6) is -0.0896. The lowest BCUT2D eigenvalue weighted by molar-refractivity contribution is -0.0211. The molecular formula is C28H33ClN2O4. The maximum atomic E-state index is 13.4. The van der Waals surface area contributed by atoms with Crippen molar-refractivity contribution in [2.45, 2.75) is 76.2 Å². The molecule has 2 heterocycles. The average molecular weight is 497 g/mol. The largest absolute Gasteiger partial charge is 0.444 e. The molecule has 3 aliphatic rings. The Labute approximate surface area is 211 Å². The summed E-state index contributed by atoms with van der Waals surface area (Å²) >= 11 is 6.27. The molecule has 1 spiro atoms. The third-order valence-electron chi connectivity index (χ3n) is 7.64. The molecule has 7 heteroatoms. The van der Waals surface area contributed by atoms with E-state index >= 15 is 0 Å². The summed E-state index contributed by atoms with van der Waals surface area (Å²) in [7, 11) is 0. The first kappa shape index (κ1) is 24.1. The van der Waals surface area contributed by atoms with Gasteiger partial charge in [-0.15, -0.1) is 0 Å². The average Bonchev–Trinajstić information content (AvgIpc) is 2.77. The number of carbonyl (C=O) groups excluding carboxylic acids is 2. The lowest BCUT2D eigenvalue weighted by Gasteiger charge is -2.50. The Balaban J connectivity index is 1.41. The van der Waals surface area contributed by atoms with Crippen LogP contribution in [0.2, 0.25) is 5.02 Å². The van der Waals surface area contributed by atoms with E-state index in [1.807, 2.05) is 57.2 Å². The van der Waals surface area contributed by atoms with Crippen LogP contribution in [0.5, 0.6) is 0 Å². The number of halogens is 1.